The van der Waals surface area contributed by atoms with Crippen molar-refractivity contribution >= 4 is 5.97 Å². The molecule has 0 bridgehead atoms. The number of rotatable bonds is 11. The fraction of sp³-hybridized carbons (Fsp3) is 0.367. The number of ether oxygens (including phenoxy) is 4. The van der Waals surface area contributed by atoms with Gasteiger partial charge >= 0.3 is 5.97 Å². The molecule has 0 fully saturated rings. The van der Waals surface area contributed by atoms with Crippen LogP contribution in [0.5, 0.6) is 17.2 Å². The molecule has 0 radical (unpaired) electrons. The molecule has 1 aliphatic carbocycles. The van der Waals surface area contributed by atoms with Gasteiger partial charge in [-0.2, -0.15) is 0 Å². The van der Waals surface area contributed by atoms with Crippen LogP contribution in [0.15, 0.2) is 54.6 Å². The lowest BCUT2D eigenvalue weighted by atomic mass is 9.98. The summed E-state index contributed by atoms with van der Waals surface area (Å²) in [7, 11) is 2.98. The van der Waals surface area contributed by atoms with E-state index in [0.29, 0.717) is 42.3 Å². The predicted octanol–water partition coefficient (Wildman–Crippen LogP) is 6.85. The van der Waals surface area contributed by atoms with Gasteiger partial charge in [0, 0.05) is 11.1 Å². The van der Waals surface area contributed by atoms with Crippen molar-refractivity contribution in [1.82, 2.24) is 0 Å². The molecular weight excluding hydrogens is 459 g/mol. The largest absolute Gasteiger partial charge is 0.497 e. The lowest BCUT2D eigenvalue weighted by Crippen LogP contribution is -2.06. The van der Waals surface area contributed by atoms with E-state index in [1.165, 1.54) is 18.7 Å². The monoisotopic (exact) mass is 492 g/mol. The fourth-order valence-corrected chi connectivity index (χ4v) is 4.58. The third-order valence-corrected chi connectivity index (χ3v) is 6.63. The van der Waals surface area contributed by atoms with Gasteiger partial charge in [0.15, 0.2) is 0 Å². The number of halogens is 1. The van der Waals surface area contributed by atoms with Crippen LogP contribution in [-0.4, -0.2) is 26.8 Å². The van der Waals surface area contributed by atoms with E-state index in [9.17, 15) is 9.18 Å². The van der Waals surface area contributed by atoms with Crippen molar-refractivity contribution in [2.45, 2.75) is 51.6 Å². The quantitative estimate of drug-likeness (QED) is 0.216. The number of hydrogen-bond acceptors (Lipinski definition) is 5. The second kappa shape index (κ2) is 11.9. The van der Waals surface area contributed by atoms with Crippen LogP contribution in [0.1, 0.15) is 55.2 Å². The number of esters is 1. The summed E-state index contributed by atoms with van der Waals surface area (Å²) in [5, 5.41) is 0. The summed E-state index contributed by atoms with van der Waals surface area (Å²) < 4.78 is 37.0. The summed E-state index contributed by atoms with van der Waals surface area (Å²) >= 11 is 0. The Balaban J connectivity index is 1.54. The van der Waals surface area contributed by atoms with Crippen LogP contribution in [0, 0.1) is 5.82 Å². The molecule has 0 saturated carbocycles. The van der Waals surface area contributed by atoms with E-state index in [1.807, 2.05) is 30.3 Å². The average Bonchev–Trinajstić information content (AvgIpc) is 3.30. The van der Waals surface area contributed by atoms with Gasteiger partial charge in [-0.1, -0.05) is 31.5 Å². The standard InChI is InChI=1S/C30H33FO5/c1-4-5-14-35-29-15-20(6-12-25(29)27-17-23(33-2)11-13-28(27)31)19-36-24-10-9-21-7-8-22(26(21)18-24)16-30(32)34-3/h6,9-13,15,17-18,22H,4-5,7-8,14,16,19H2,1-3H3/t22-/m1/s1. The van der Waals surface area contributed by atoms with Crippen LogP contribution >= 0.6 is 0 Å². The summed E-state index contributed by atoms with van der Waals surface area (Å²) in [5.74, 6) is 1.58. The maximum Gasteiger partial charge on any atom is 0.306 e. The van der Waals surface area contributed by atoms with Gasteiger partial charge in [0.25, 0.3) is 0 Å². The van der Waals surface area contributed by atoms with Crippen LogP contribution < -0.4 is 14.2 Å². The number of carbonyl (C=O) groups excluding carboxylic acids is 1. The third-order valence-electron chi connectivity index (χ3n) is 6.63. The molecular formula is C30H33FO5. The summed E-state index contributed by atoms with van der Waals surface area (Å²) in [5.41, 5.74) is 4.44. The average molecular weight is 493 g/mol. The minimum atomic E-state index is -0.334. The van der Waals surface area contributed by atoms with E-state index < -0.39 is 0 Å². The SMILES string of the molecule is CCCCOc1cc(COc2ccc3c(c2)[C@@H](CC(=O)OC)CC3)ccc1-c1cc(OC)ccc1F. The van der Waals surface area contributed by atoms with Gasteiger partial charge in [-0.25, -0.2) is 4.39 Å². The Hall–Kier alpha value is -3.54. The Morgan fingerprint density at radius 1 is 0.972 bits per heavy atom. The smallest absolute Gasteiger partial charge is 0.306 e. The second-order valence-corrected chi connectivity index (χ2v) is 9.04. The highest BCUT2D eigenvalue weighted by Crippen LogP contribution is 2.38. The highest BCUT2D eigenvalue weighted by Gasteiger charge is 2.25. The minimum Gasteiger partial charge on any atom is -0.497 e. The molecule has 0 aromatic heterocycles. The number of methoxy groups -OCH3 is 2. The van der Waals surface area contributed by atoms with E-state index in [-0.39, 0.29) is 17.7 Å². The Kier molecular flexibility index (Phi) is 8.47. The topological polar surface area (TPSA) is 54.0 Å². The van der Waals surface area contributed by atoms with E-state index >= 15 is 0 Å². The van der Waals surface area contributed by atoms with Gasteiger partial charge in [-0.15, -0.1) is 0 Å². The van der Waals surface area contributed by atoms with Crippen molar-refractivity contribution in [3.8, 4) is 28.4 Å². The van der Waals surface area contributed by atoms with Crippen molar-refractivity contribution in [3.63, 3.8) is 0 Å². The third kappa shape index (κ3) is 5.99. The maximum atomic E-state index is 14.7. The molecule has 0 heterocycles. The highest BCUT2D eigenvalue weighted by atomic mass is 19.1. The normalized spacial score (nSPS) is 14.3. The summed E-state index contributed by atoms with van der Waals surface area (Å²) in [4.78, 5) is 11.8. The maximum absolute atomic E-state index is 14.7. The van der Waals surface area contributed by atoms with Gasteiger partial charge in [0.1, 0.15) is 29.7 Å². The van der Waals surface area contributed by atoms with Gasteiger partial charge in [-0.3, -0.25) is 4.79 Å². The van der Waals surface area contributed by atoms with Gasteiger partial charge < -0.3 is 18.9 Å². The van der Waals surface area contributed by atoms with Gasteiger partial charge in [-0.05, 0) is 78.3 Å². The van der Waals surface area contributed by atoms with E-state index in [1.54, 1.807) is 19.2 Å². The zero-order valence-electron chi connectivity index (χ0n) is 21.1. The molecule has 3 aromatic carbocycles. The molecule has 190 valence electrons. The number of hydrogen-bond donors (Lipinski definition) is 0. The summed E-state index contributed by atoms with van der Waals surface area (Å²) in [6.07, 6.45) is 4.18. The first kappa shape index (κ1) is 25.5. The number of carbonyl (C=O) groups is 1. The molecule has 1 atom stereocenters. The van der Waals surface area contributed by atoms with Crippen molar-refractivity contribution in [2.24, 2.45) is 0 Å². The van der Waals surface area contributed by atoms with Crippen LogP contribution in [0.25, 0.3) is 11.1 Å². The summed E-state index contributed by atoms with van der Waals surface area (Å²) in [6.45, 7) is 2.99. The lowest BCUT2D eigenvalue weighted by molar-refractivity contribution is -0.141. The van der Waals surface area contributed by atoms with E-state index in [4.69, 9.17) is 18.9 Å². The number of unbranched alkanes of at least 4 members (excludes halogenated alkanes) is 1. The first-order valence-electron chi connectivity index (χ1n) is 12.4. The van der Waals surface area contributed by atoms with Crippen molar-refractivity contribution < 1.29 is 28.1 Å². The molecule has 0 amide bonds. The first-order valence-corrected chi connectivity index (χ1v) is 12.4. The summed E-state index contributed by atoms with van der Waals surface area (Å²) in [6, 6.07) is 16.5. The highest BCUT2D eigenvalue weighted by molar-refractivity contribution is 5.73. The zero-order valence-corrected chi connectivity index (χ0v) is 21.1. The fourth-order valence-electron chi connectivity index (χ4n) is 4.58. The Morgan fingerprint density at radius 2 is 1.81 bits per heavy atom. The van der Waals surface area contributed by atoms with Crippen LogP contribution in [0.3, 0.4) is 0 Å². The molecule has 1 aliphatic rings. The first-order chi connectivity index (χ1) is 17.5. The second-order valence-electron chi connectivity index (χ2n) is 9.04. The molecule has 6 heteroatoms. The molecule has 0 aliphatic heterocycles. The number of aryl methyl sites for hydroxylation is 1. The number of fused-ring (bicyclic) bond motifs is 1. The molecule has 5 nitrogen and oxygen atoms in total. The number of benzene rings is 3. The zero-order chi connectivity index (χ0) is 25.5. The molecule has 0 spiro atoms. The molecule has 3 aromatic rings. The molecule has 0 saturated heterocycles. The molecule has 4 rings (SSSR count). The van der Waals surface area contributed by atoms with E-state index in [0.717, 1.165) is 42.6 Å². The molecule has 36 heavy (non-hydrogen) atoms. The minimum absolute atomic E-state index is 0.159. The van der Waals surface area contributed by atoms with Crippen molar-refractivity contribution in [3.05, 3.63) is 77.1 Å². The van der Waals surface area contributed by atoms with Crippen LogP contribution in [-0.2, 0) is 22.6 Å². The van der Waals surface area contributed by atoms with Gasteiger partial charge in [0.05, 0.1) is 27.2 Å². The van der Waals surface area contributed by atoms with Crippen LogP contribution in [0.2, 0.25) is 0 Å². The van der Waals surface area contributed by atoms with E-state index in [2.05, 4.69) is 13.0 Å². The predicted molar refractivity (Wildman–Crippen MR) is 137 cm³/mol. The molecule has 0 unspecified atom stereocenters. The van der Waals surface area contributed by atoms with Crippen molar-refractivity contribution in [1.29, 1.82) is 0 Å². The Labute approximate surface area is 212 Å². The lowest BCUT2D eigenvalue weighted by Gasteiger charge is -2.16. The Bertz CT molecular complexity index is 1210. The van der Waals surface area contributed by atoms with Crippen LogP contribution in [0.4, 0.5) is 4.39 Å². The van der Waals surface area contributed by atoms with Crippen molar-refractivity contribution in [2.75, 3.05) is 20.8 Å². The molecule has 0 N–H and O–H groups in total. The Morgan fingerprint density at radius 3 is 2.58 bits per heavy atom. The van der Waals surface area contributed by atoms with Gasteiger partial charge in [0.2, 0.25) is 0 Å².